The number of benzene rings is 7. The van der Waals surface area contributed by atoms with Crippen molar-refractivity contribution in [2.75, 3.05) is 14.7 Å². The van der Waals surface area contributed by atoms with Gasteiger partial charge in [-0.15, -0.1) is 0 Å². The van der Waals surface area contributed by atoms with E-state index in [0.717, 1.165) is 51.2 Å². The standard InChI is InChI=1S/C45H35N3/c1-45(2)39-20-10-9-19-37(39)38-30-29-36(31-40(38)45)46(32-15-5-3-6-16-32)34-25-27-35(28-26-34)48-43-23-13-11-21-41(43)47(33-17-7-4-8-18-33)42-22-12-14-24-44(42)48/h3-31H,1-2H3. The summed E-state index contributed by atoms with van der Waals surface area (Å²) in [6.45, 7) is 4.69. The van der Waals surface area contributed by atoms with Crippen LogP contribution in [0.3, 0.4) is 0 Å². The second-order valence-electron chi connectivity index (χ2n) is 13.1. The quantitative estimate of drug-likeness (QED) is 0.190. The minimum atomic E-state index is -0.0726. The molecule has 0 spiro atoms. The molecule has 7 aromatic rings. The smallest absolute Gasteiger partial charge is 0.0703 e. The molecule has 0 atom stereocenters. The van der Waals surface area contributed by atoms with E-state index in [1.807, 2.05) is 0 Å². The number of nitrogens with zero attached hydrogens (tertiary/aromatic N) is 3. The van der Waals surface area contributed by atoms with Crippen molar-refractivity contribution in [3.63, 3.8) is 0 Å². The summed E-state index contributed by atoms with van der Waals surface area (Å²) in [7, 11) is 0. The van der Waals surface area contributed by atoms with Crippen molar-refractivity contribution in [3.8, 4) is 11.1 Å². The summed E-state index contributed by atoms with van der Waals surface area (Å²) in [5, 5.41) is 0. The van der Waals surface area contributed by atoms with Crippen molar-refractivity contribution in [3.05, 3.63) is 187 Å². The molecule has 1 aliphatic carbocycles. The van der Waals surface area contributed by atoms with E-state index in [2.05, 4.69) is 204 Å². The molecule has 3 nitrogen and oxygen atoms in total. The molecule has 0 fully saturated rings. The Labute approximate surface area is 282 Å². The molecular formula is C45H35N3. The van der Waals surface area contributed by atoms with Gasteiger partial charge >= 0.3 is 0 Å². The van der Waals surface area contributed by atoms with Crippen LogP contribution in [0, 0.1) is 0 Å². The number of fused-ring (bicyclic) bond motifs is 5. The first kappa shape index (κ1) is 28.2. The minimum absolute atomic E-state index is 0.0726. The van der Waals surface area contributed by atoms with Gasteiger partial charge in [0.05, 0.1) is 22.7 Å². The second-order valence-corrected chi connectivity index (χ2v) is 13.1. The van der Waals surface area contributed by atoms with E-state index in [-0.39, 0.29) is 5.41 Å². The SMILES string of the molecule is CC1(C)c2ccccc2-c2ccc(N(c3ccccc3)c3ccc(N4c5ccccc5N(c5ccccc5)c5ccccc54)cc3)cc21. The number of hydrogen-bond donors (Lipinski definition) is 0. The van der Waals surface area contributed by atoms with E-state index in [4.69, 9.17) is 0 Å². The number of para-hydroxylation sites is 6. The summed E-state index contributed by atoms with van der Waals surface area (Å²) in [4.78, 5) is 7.12. The Kier molecular flexibility index (Phi) is 6.48. The van der Waals surface area contributed by atoms with Crippen LogP contribution in [0.15, 0.2) is 176 Å². The number of rotatable bonds is 5. The lowest BCUT2D eigenvalue weighted by Gasteiger charge is -2.40. The molecule has 0 radical (unpaired) electrons. The zero-order valence-electron chi connectivity index (χ0n) is 27.1. The predicted octanol–water partition coefficient (Wildman–Crippen LogP) is 12.7. The molecule has 0 unspecified atom stereocenters. The zero-order chi connectivity index (χ0) is 32.2. The summed E-state index contributed by atoms with van der Waals surface area (Å²) >= 11 is 0. The van der Waals surface area contributed by atoms with Gasteiger partial charge in [-0.3, -0.25) is 0 Å². The lowest BCUT2D eigenvalue weighted by molar-refractivity contribution is 0.660. The Hall–Kier alpha value is -6.06. The summed E-state index contributed by atoms with van der Waals surface area (Å²) in [6.07, 6.45) is 0. The fourth-order valence-corrected chi connectivity index (χ4v) is 7.68. The fourth-order valence-electron chi connectivity index (χ4n) is 7.68. The van der Waals surface area contributed by atoms with Crippen LogP contribution >= 0.6 is 0 Å². The molecule has 3 heteroatoms. The third-order valence-electron chi connectivity index (χ3n) is 9.95. The number of anilines is 9. The van der Waals surface area contributed by atoms with Gasteiger partial charge in [0.1, 0.15) is 0 Å². The summed E-state index contributed by atoms with van der Waals surface area (Å²) in [5.74, 6) is 0. The first-order valence-corrected chi connectivity index (χ1v) is 16.6. The van der Waals surface area contributed by atoms with E-state index in [0.29, 0.717) is 0 Å². The molecule has 48 heavy (non-hydrogen) atoms. The Morgan fingerprint density at radius 3 is 1.42 bits per heavy atom. The van der Waals surface area contributed by atoms with E-state index < -0.39 is 0 Å². The van der Waals surface area contributed by atoms with Crippen LogP contribution in [-0.2, 0) is 5.41 Å². The van der Waals surface area contributed by atoms with E-state index in [1.54, 1.807) is 0 Å². The molecule has 0 aromatic heterocycles. The van der Waals surface area contributed by atoms with Crippen LogP contribution in [0.4, 0.5) is 51.2 Å². The molecule has 0 N–H and O–H groups in total. The van der Waals surface area contributed by atoms with Gasteiger partial charge in [0, 0.05) is 33.9 Å². The average Bonchev–Trinajstić information content (AvgIpc) is 3.37. The first-order valence-electron chi connectivity index (χ1n) is 16.6. The highest BCUT2D eigenvalue weighted by Gasteiger charge is 2.36. The van der Waals surface area contributed by atoms with Gasteiger partial charge in [0.2, 0.25) is 0 Å². The highest BCUT2D eigenvalue weighted by molar-refractivity contribution is 6.01. The molecule has 7 aromatic carbocycles. The van der Waals surface area contributed by atoms with Gasteiger partial charge in [-0.25, -0.2) is 0 Å². The van der Waals surface area contributed by atoms with E-state index in [9.17, 15) is 0 Å². The summed E-state index contributed by atoms with van der Waals surface area (Å²) < 4.78 is 0. The lowest BCUT2D eigenvalue weighted by atomic mass is 9.82. The third-order valence-corrected chi connectivity index (χ3v) is 9.95. The van der Waals surface area contributed by atoms with Gasteiger partial charge < -0.3 is 14.7 Å². The average molecular weight is 618 g/mol. The van der Waals surface area contributed by atoms with Gasteiger partial charge in [-0.05, 0) is 107 Å². The molecular weight excluding hydrogens is 583 g/mol. The summed E-state index contributed by atoms with van der Waals surface area (Å²) in [5.41, 5.74) is 15.6. The molecule has 9 rings (SSSR count). The van der Waals surface area contributed by atoms with Gasteiger partial charge in [0.15, 0.2) is 0 Å². The molecule has 0 amide bonds. The third kappa shape index (κ3) is 4.35. The van der Waals surface area contributed by atoms with Crippen molar-refractivity contribution in [2.45, 2.75) is 19.3 Å². The van der Waals surface area contributed by atoms with Crippen molar-refractivity contribution in [2.24, 2.45) is 0 Å². The van der Waals surface area contributed by atoms with Crippen LogP contribution in [0.5, 0.6) is 0 Å². The fraction of sp³-hybridized carbons (Fsp3) is 0.0667. The minimum Gasteiger partial charge on any atom is -0.310 e. The van der Waals surface area contributed by atoms with Gasteiger partial charge in [-0.1, -0.05) is 105 Å². The van der Waals surface area contributed by atoms with Crippen LogP contribution in [-0.4, -0.2) is 0 Å². The molecule has 0 bridgehead atoms. The maximum atomic E-state index is 2.39. The van der Waals surface area contributed by atoms with E-state index >= 15 is 0 Å². The monoisotopic (exact) mass is 617 g/mol. The zero-order valence-corrected chi connectivity index (χ0v) is 27.1. The van der Waals surface area contributed by atoms with Crippen molar-refractivity contribution >= 4 is 51.2 Å². The lowest BCUT2D eigenvalue weighted by Crippen LogP contribution is -2.23. The number of hydrogen-bond acceptors (Lipinski definition) is 3. The van der Waals surface area contributed by atoms with Crippen molar-refractivity contribution in [1.29, 1.82) is 0 Å². The van der Waals surface area contributed by atoms with Gasteiger partial charge in [0.25, 0.3) is 0 Å². The van der Waals surface area contributed by atoms with Crippen LogP contribution in [0.25, 0.3) is 11.1 Å². The maximum Gasteiger partial charge on any atom is 0.0703 e. The second kappa shape index (κ2) is 11.0. The largest absolute Gasteiger partial charge is 0.310 e. The van der Waals surface area contributed by atoms with Crippen molar-refractivity contribution < 1.29 is 0 Å². The molecule has 0 saturated heterocycles. The molecule has 230 valence electrons. The first-order chi connectivity index (χ1) is 23.6. The Bertz CT molecular complexity index is 2230. The highest BCUT2D eigenvalue weighted by atomic mass is 15.3. The molecule has 1 aliphatic heterocycles. The van der Waals surface area contributed by atoms with Crippen LogP contribution in [0.2, 0.25) is 0 Å². The van der Waals surface area contributed by atoms with Gasteiger partial charge in [-0.2, -0.15) is 0 Å². The van der Waals surface area contributed by atoms with Crippen molar-refractivity contribution in [1.82, 2.24) is 0 Å². The topological polar surface area (TPSA) is 9.72 Å². The predicted molar refractivity (Wildman–Crippen MR) is 202 cm³/mol. The maximum absolute atomic E-state index is 2.39. The van der Waals surface area contributed by atoms with E-state index in [1.165, 1.54) is 22.3 Å². The Balaban J connectivity index is 1.15. The molecule has 2 aliphatic rings. The Morgan fingerprint density at radius 1 is 0.375 bits per heavy atom. The normalized spacial score (nSPS) is 13.7. The van der Waals surface area contributed by atoms with Crippen LogP contribution < -0.4 is 14.7 Å². The highest BCUT2D eigenvalue weighted by Crippen LogP contribution is 2.54. The Morgan fingerprint density at radius 2 is 0.812 bits per heavy atom. The summed E-state index contributed by atoms with van der Waals surface area (Å²) in [6, 6.07) is 63.5. The molecule has 1 heterocycles. The molecule has 0 saturated carbocycles. The van der Waals surface area contributed by atoms with Crippen LogP contribution in [0.1, 0.15) is 25.0 Å².